The van der Waals surface area contributed by atoms with Crippen molar-refractivity contribution in [2.24, 2.45) is 5.92 Å². The smallest absolute Gasteiger partial charge is 0.253 e. The van der Waals surface area contributed by atoms with E-state index in [9.17, 15) is 4.79 Å². The summed E-state index contributed by atoms with van der Waals surface area (Å²) in [6, 6.07) is 7.35. The first-order chi connectivity index (χ1) is 8.18. The standard InChI is InChI=1S/C13H19N3O/c1-9-6-7-15-8-12(9)16-13(17)10-4-2-3-5-11(10)14/h2-5,9,12,15H,6-8,14H2,1H3,(H,16,17). The van der Waals surface area contributed by atoms with Crippen LogP contribution in [0.25, 0.3) is 0 Å². The first-order valence-electron chi connectivity index (χ1n) is 6.04. The normalized spacial score (nSPS) is 24.3. The Balaban J connectivity index is 2.04. The van der Waals surface area contributed by atoms with Gasteiger partial charge in [0, 0.05) is 18.3 Å². The molecule has 0 bridgehead atoms. The average Bonchev–Trinajstić information content (AvgIpc) is 2.32. The summed E-state index contributed by atoms with van der Waals surface area (Å²) < 4.78 is 0. The highest BCUT2D eigenvalue weighted by atomic mass is 16.1. The highest BCUT2D eigenvalue weighted by molar-refractivity contribution is 5.99. The summed E-state index contributed by atoms with van der Waals surface area (Å²) in [7, 11) is 0. The average molecular weight is 233 g/mol. The number of para-hydroxylation sites is 1. The maximum absolute atomic E-state index is 12.1. The van der Waals surface area contributed by atoms with E-state index in [1.165, 1.54) is 0 Å². The van der Waals surface area contributed by atoms with Gasteiger partial charge in [-0.3, -0.25) is 4.79 Å². The van der Waals surface area contributed by atoms with Crippen molar-refractivity contribution in [2.45, 2.75) is 19.4 Å². The number of nitrogens with two attached hydrogens (primary N) is 1. The number of rotatable bonds is 2. The topological polar surface area (TPSA) is 67.1 Å². The highest BCUT2D eigenvalue weighted by Gasteiger charge is 2.23. The van der Waals surface area contributed by atoms with Gasteiger partial charge in [-0.1, -0.05) is 19.1 Å². The summed E-state index contributed by atoms with van der Waals surface area (Å²) in [5.74, 6) is 0.425. The molecule has 2 atom stereocenters. The summed E-state index contributed by atoms with van der Waals surface area (Å²) in [6.45, 7) is 4.03. The quantitative estimate of drug-likeness (QED) is 0.667. The minimum Gasteiger partial charge on any atom is -0.398 e. The van der Waals surface area contributed by atoms with Gasteiger partial charge < -0.3 is 16.4 Å². The maximum atomic E-state index is 12.1. The van der Waals surface area contributed by atoms with Gasteiger partial charge in [-0.15, -0.1) is 0 Å². The van der Waals surface area contributed by atoms with Crippen LogP contribution in [0.3, 0.4) is 0 Å². The van der Waals surface area contributed by atoms with Gasteiger partial charge in [0.1, 0.15) is 0 Å². The fourth-order valence-corrected chi connectivity index (χ4v) is 2.13. The van der Waals surface area contributed by atoms with Crippen molar-refractivity contribution in [2.75, 3.05) is 18.8 Å². The zero-order valence-corrected chi connectivity index (χ0v) is 10.1. The number of nitrogen functional groups attached to an aromatic ring is 1. The monoisotopic (exact) mass is 233 g/mol. The Morgan fingerprint density at radius 1 is 1.47 bits per heavy atom. The lowest BCUT2D eigenvalue weighted by atomic mass is 9.94. The van der Waals surface area contributed by atoms with E-state index in [0.717, 1.165) is 19.5 Å². The second kappa shape index (κ2) is 5.19. The van der Waals surface area contributed by atoms with E-state index in [2.05, 4.69) is 17.6 Å². The summed E-state index contributed by atoms with van der Waals surface area (Å²) in [4.78, 5) is 12.1. The van der Waals surface area contributed by atoms with Gasteiger partial charge in [0.25, 0.3) is 5.91 Å². The molecule has 1 aromatic carbocycles. The molecule has 0 radical (unpaired) electrons. The van der Waals surface area contributed by atoms with Crippen LogP contribution in [0.4, 0.5) is 5.69 Å². The molecular formula is C13H19N3O. The molecule has 92 valence electrons. The largest absolute Gasteiger partial charge is 0.398 e. The molecular weight excluding hydrogens is 214 g/mol. The van der Waals surface area contributed by atoms with Crippen molar-refractivity contribution in [1.82, 2.24) is 10.6 Å². The van der Waals surface area contributed by atoms with Gasteiger partial charge >= 0.3 is 0 Å². The van der Waals surface area contributed by atoms with Crippen LogP contribution in [-0.4, -0.2) is 25.0 Å². The van der Waals surface area contributed by atoms with Crippen LogP contribution in [0.1, 0.15) is 23.7 Å². The Labute approximate surface area is 102 Å². The lowest BCUT2D eigenvalue weighted by Gasteiger charge is -2.30. The zero-order chi connectivity index (χ0) is 12.3. The van der Waals surface area contributed by atoms with Crippen molar-refractivity contribution in [1.29, 1.82) is 0 Å². The summed E-state index contributed by atoms with van der Waals surface area (Å²) in [5, 5.41) is 6.34. The lowest BCUT2D eigenvalue weighted by molar-refractivity contribution is 0.0916. The van der Waals surface area contributed by atoms with Gasteiger partial charge in [0.2, 0.25) is 0 Å². The Hall–Kier alpha value is -1.55. The van der Waals surface area contributed by atoms with Gasteiger partial charge in [-0.2, -0.15) is 0 Å². The molecule has 0 aliphatic carbocycles. The SMILES string of the molecule is CC1CCNCC1NC(=O)c1ccccc1N. The number of nitrogens with one attached hydrogen (secondary N) is 2. The van der Waals surface area contributed by atoms with Crippen LogP contribution in [-0.2, 0) is 0 Å². The molecule has 1 aromatic rings. The molecule has 0 aromatic heterocycles. The molecule has 1 heterocycles. The molecule has 0 spiro atoms. The third-order valence-electron chi connectivity index (χ3n) is 3.35. The fraction of sp³-hybridized carbons (Fsp3) is 0.462. The first-order valence-corrected chi connectivity index (χ1v) is 6.04. The van der Waals surface area contributed by atoms with Crippen molar-refractivity contribution >= 4 is 11.6 Å². The summed E-state index contributed by atoms with van der Waals surface area (Å²) in [6.07, 6.45) is 1.09. The first kappa shape index (κ1) is 11.9. The predicted molar refractivity (Wildman–Crippen MR) is 68.8 cm³/mol. The number of hydrogen-bond donors (Lipinski definition) is 3. The van der Waals surface area contributed by atoms with Crippen LogP contribution >= 0.6 is 0 Å². The number of anilines is 1. The molecule has 1 saturated heterocycles. The third-order valence-corrected chi connectivity index (χ3v) is 3.35. The Morgan fingerprint density at radius 3 is 2.94 bits per heavy atom. The number of hydrogen-bond acceptors (Lipinski definition) is 3. The molecule has 1 fully saturated rings. The maximum Gasteiger partial charge on any atom is 0.253 e. The van der Waals surface area contributed by atoms with E-state index in [1.807, 2.05) is 12.1 Å². The zero-order valence-electron chi connectivity index (χ0n) is 10.1. The number of amides is 1. The van der Waals surface area contributed by atoms with Gasteiger partial charge in [0.15, 0.2) is 0 Å². The van der Waals surface area contributed by atoms with Crippen LogP contribution in [0, 0.1) is 5.92 Å². The number of carbonyl (C=O) groups is 1. The molecule has 4 nitrogen and oxygen atoms in total. The molecule has 1 aliphatic rings. The number of piperidine rings is 1. The fourth-order valence-electron chi connectivity index (χ4n) is 2.13. The van der Waals surface area contributed by atoms with E-state index in [1.54, 1.807) is 12.1 Å². The lowest BCUT2D eigenvalue weighted by Crippen LogP contribution is -2.50. The minimum absolute atomic E-state index is 0.0800. The Morgan fingerprint density at radius 2 is 2.24 bits per heavy atom. The van der Waals surface area contributed by atoms with Crippen molar-refractivity contribution in [3.8, 4) is 0 Å². The summed E-state index contributed by atoms with van der Waals surface area (Å²) >= 11 is 0. The van der Waals surface area contributed by atoms with Gasteiger partial charge in [-0.05, 0) is 31.0 Å². The molecule has 2 rings (SSSR count). The second-order valence-electron chi connectivity index (χ2n) is 4.64. The summed E-state index contributed by atoms with van der Waals surface area (Å²) in [5.41, 5.74) is 6.87. The van der Waals surface area contributed by atoms with E-state index < -0.39 is 0 Å². The molecule has 4 heteroatoms. The Bertz CT molecular complexity index is 405. The van der Waals surface area contributed by atoms with Crippen LogP contribution in [0.15, 0.2) is 24.3 Å². The molecule has 2 unspecified atom stereocenters. The van der Waals surface area contributed by atoms with Gasteiger partial charge in [-0.25, -0.2) is 0 Å². The van der Waals surface area contributed by atoms with Gasteiger partial charge in [0.05, 0.1) is 5.56 Å². The van der Waals surface area contributed by atoms with Crippen molar-refractivity contribution in [3.63, 3.8) is 0 Å². The molecule has 4 N–H and O–H groups in total. The number of benzene rings is 1. The second-order valence-corrected chi connectivity index (χ2v) is 4.64. The van der Waals surface area contributed by atoms with E-state index >= 15 is 0 Å². The molecule has 1 amide bonds. The van der Waals surface area contributed by atoms with Crippen LogP contribution in [0.2, 0.25) is 0 Å². The molecule has 0 saturated carbocycles. The molecule has 17 heavy (non-hydrogen) atoms. The van der Waals surface area contributed by atoms with Crippen molar-refractivity contribution < 1.29 is 4.79 Å². The predicted octanol–water partition coefficient (Wildman–Crippen LogP) is 0.997. The van der Waals surface area contributed by atoms with E-state index in [0.29, 0.717) is 17.2 Å². The highest BCUT2D eigenvalue weighted by Crippen LogP contribution is 2.14. The van der Waals surface area contributed by atoms with Crippen LogP contribution in [0.5, 0.6) is 0 Å². The van der Waals surface area contributed by atoms with Crippen molar-refractivity contribution in [3.05, 3.63) is 29.8 Å². The molecule has 1 aliphatic heterocycles. The van der Waals surface area contributed by atoms with E-state index in [4.69, 9.17) is 5.73 Å². The number of carbonyl (C=O) groups excluding carboxylic acids is 1. The Kier molecular flexibility index (Phi) is 3.64. The van der Waals surface area contributed by atoms with E-state index in [-0.39, 0.29) is 11.9 Å². The van der Waals surface area contributed by atoms with Crippen LogP contribution < -0.4 is 16.4 Å². The third kappa shape index (κ3) is 2.77. The minimum atomic E-state index is -0.0800.